The van der Waals surface area contributed by atoms with Crippen LogP contribution in [0.1, 0.15) is 20.8 Å². The molecular weight excluding hydrogens is 408 g/mol. The Morgan fingerprint density at radius 2 is 1.12 bits per heavy atom. The minimum atomic E-state index is -0.572. The highest BCUT2D eigenvalue weighted by Crippen LogP contribution is 2.35. The maximum absolute atomic E-state index is 13.1. The molecule has 0 atom stereocenters. The fourth-order valence-corrected chi connectivity index (χ4v) is 4.80. The minimum Gasteiger partial charge on any atom is -0.443 e. The Kier molecular flexibility index (Phi) is 4.15. The van der Waals surface area contributed by atoms with E-state index < -0.39 is 5.60 Å². The number of benzene rings is 4. The molecule has 0 fully saturated rings. The molecule has 0 aliphatic carbocycles. The lowest BCUT2D eigenvalue weighted by Crippen LogP contribution is -2.27. The predicted molar refractivity (Wildman–Crippen MR) is 135 cm³/mol. The lowest BCUT2D eigenvalue weighted by Gasteiger charge is -2.20. The van der Waals surface area contributed by atoms with Gasteiger partial charge in [0.2, 0.25) is 0 Å². The standard InChI is InChI=1S/C29H24N2O2/c1-29(2,3)33-28(32)31-26-15-9-6-12-22(26)23-18-19(16-17-27(23)31)30-24-13-7-4-10-20(24)21-11-5-8-14-25(21)30/h4-18H,1-3H3. The van der Waals surface area contributed by atoms with Gasteiger partial charge < -0.3 is 9.30 Å². The number of carbonyl (C=O) groups is 1. The molecule has 0 aliphatic rings. The number of aromatic nitrogens is 2. The van der Waals surface area contributed by atoms with Crippen molar-refractivity contribution in [1.82, 2.24) is 9.13 Å². The number of carbonyl (C=O) groups excluding carboxylic acids is 1. The van der Waals surface area contributed by atoms with Crippen LogP contribution in [0.4, 0.5) is 4.79 Å². The lowest BCUT2D eigenvalue weighted by atomic mass is 10.1. The SMILES string of the molecule is CC(C)(C)OC(=O)n1c2ccccc2c2cc(-n3c4ccccc4c4ccccc43)ccc21. The summed E-state index contributed by atoms with van der Waals surface area (Å²) < 4.78 is 9.72. The van der Waals surface area contributed by atoms with E-state index in [4.69, 9.17) is 4.74 Å². The van der Waals surface area contributed by atoms with E-state index in [2.05, 4.69) is 71.3 Å². The van der Waals surface area contributed by atoms with Crippen molar-refractivity contribution in [3.8, 4) is 5.69 Å². The van der Waals surface area contributed by atoms with Crippen molar-refractivity contribution < 1.29 is 9.53 Å². The molecule has 0 spiro atoms. The zero-order valence-electron chi connectivity index (χ0n) is 18.9. The molecule has 0 radical (unpaired) electrons. The molecule has 6 rings (SSSR count). The average Bonchev–Trinajstić information content (AvgIpc) is 3.31. The minimum absolute atomic E-state index is 0.363. The summed E-state index contributed by atoms with van der Waals surface area (Å²) in [5.41, 5.74) is 4.50. The van der Waals surface area contributed by atoms with Crippen LogP contribution in [0.15, 0.2) is 91.0 Å². The summed E-state index contributed by atoms with van der Waals surface area (Å²) in [6.07, 6.45) is -0.363. The highest BCUT2D eigenvalue weighted by Gasteiger charge is 2.23. The molecule has 0 aliphatic heterocycles. The zero-order valence-corrected chi connectivity index (χ0v) is 18.9. The third-order valence-electron chi connectivity index (χ3n) is 6.07. The van der Waals surface area contributed by atoms with Gasteiger partial charge in [-0.3, -0.25) is 0 Å². The van der Waals surface area contributed by atoms with Gasteiger partial charge in [-0.15, -0.1) is 0 Å². The van der Waals surface area contributed by atoms with Crippen LogP contribution in [0.5, 0.6) is 0 Å². The second-order valence-electron chi connectivity index (χ2n) is 9.40. The molecule has 2 aromatic heterocycles. The van der Waals surface area contributed by atoms with Crippen molar-refractivity contribution in [1.29, 1.82) is 0 Å². The van der Waals surface area contributed by atoms with Crippen molar-refractivity contribution in [2.24, 2.45) is 0 Å². The van der Waals surface area contributed by atoms with Crippen LogP contribution < -0.4 is 0 Å². The monoisotopic (exact) mass is 432 g/mol. The molecule has 4 nitrogen and oxygen atoms in total. The summed E-state index contributed by atoms with van der Waals surface area (Å²) in [5.74, 6) is 0. The van der Waals surface area contributed by atoms with Gasteiger partial charge in [0.25, 0.3) is 0 Å². The van der Waals surface area contributed by atoms with Gasteiger partial charge in [-0.25, -0.2) is 9.36 Å². The van der Waals surface area contributed by atoms with Crippen LogP contribution in [0.25, 0.3) is 49.3 Å². The van der Waals surface area contributed by atoms with Gasteiger partial charge >= 0.3 is 6.09 Å². The molecule has 0 unspecified atom stereocenters. The van der Waals surface area contributed by atoms with Crippen molar-refractivity contribution in [2.45, 2.75) is 26.4 Å². The largest absolute Gasteiger partial charge is 0.443 e. The Balaban J connectivity index is 1.65. The third-order valence-corrected chi connectivity index (χ3v) is 6.07. The average molecular weight is 433 g/mol. The Bertz CT molecular complexity index is 1640. The maximum Gasteiger partial charge on any atom is 0.419 e. The first-order valence-electron chi connectivity index (χ1n) is 11.2. The topological polar surface area (TPSA) is 36.2 Å². The number of para-hydroxylation sites is 3. The molecule has 0 amide bonds. The molecule has 4 aromatic carbocycles. The van der Waals surface area contributed by atoms with E-state index in [9.17, 15) is 4.79 Å². The molecule has 4 heteroatoms. The number of nitrogens with zero attached hydrogens (tertiary/aromatic N) is 2. The van der Waals surface area contributed by atoms with Crippen molar-refractivity contribution in [3.05, 3.63) is 91.0 Å². The molecule has 33 heavy (non-hydrogen) atoms. The lowest BCUT2D eigenvalue weighted by molar-refractivity contribution is 0.0551. The number of ether oxygens (including phenoxy) is 1. The Morgan fingerprint density at radius 3 is 1.70 bits per heavy atom. The van der Waals surface area contributed by atoms with Gasteiger partial charge in [-0.1, -0.05) is 54.6 Å². The van der Waals surface area contributed by atoms with Gasteiger partial charge in [-0.05, 0) is 57.2 Å². The highest BCUT2D eigenvalue weighted by atomic mass is 16.6. The quantitative estimate of drug-likeness (QED) is 0.267. The van der Waals surface area contributed by atoms with E-state index in [-0.39, 0.29) is 6.09 Å². The second-order valence-corrected chi connectivity index (χ2v) is 9.40. The van der Waals surface area contributed by atoms with E-state index in [1.54, 1.807) is 4.57 Å². The summed E-state index contributed by atoms with van der Waals surface area (Å²) in [5, 5.41) is 4.51. The summed E-state index contributed by atoms with van der Waals surface area (Å²) in [4.78, 5) is 13.1. The molecule has 162 valence electrons. The van der Waals surface area contributed by atoms with Gasteiger partial charge in [0.15, 0.2) is 0 Å². The zero-order chi connectivity index (χ0) is 22.7. The summed E-state index contributed by atoms with van der Waals surface area (Å²) in [6, 6.07) is 31.2. The summed E-state index contributed by atoms with van der Waals surface area (Å²) >= 11 is 0. The number of fused-ring (bicyclic) bond motifs is 6. The summed E-state index contributed by atoms with van der Waals surface area (Å²) in [7, 11) is 0. The van der Waals surface area contributed by atoms with E-state index in [0.29, 0.717) is 0 Å². The smallest absolute Gasteiger partial charge is 0.419 e. The number of hydrogen-bond acceptors (Lipinski definition) is 2. The van der Waals surface area contributed by atoms with Crippen molar-refractivity contribution in [3.63, 3.8) is 0 Å². The van der Waals surface area contributed by atoms with Crippen LogP contribution in [-0.2, 0) is 4.74 Å². The first-order chi connectivity index (χ1) is 15.9. The van der Waals surface area contributed by atoms with Crippen LogP contribution in [-0.4, -0.2) is 20.8 Å². The van der Waals surface area contributed by atoms with E-state index >= 15 is 0 Å². The van der Waals surface area contributed by atoms with Gasteiger partial charge in [0, 0.05) is 27.2 Å². The Morgan fingerprint density at radius 1 is 0.636 bits per heavy atom. The predicted octanol–water partition coefficient (Wildman–Crippen LogP) is 7.67. The molecule has 0 saturated heterocycles. The van der Waals surface area contributed by atoms with Gasteiger partial charge in [-0.2, -0.15) is 0 Å². The van der Waals surface area contributed by atoms with Crippen molar-refractivity contribution >= 4 is 49.7 Å². The van der Waals surface area contributed by atoms with Crippen LogP contribution >= 0.6 is 0 Å². The summed E-state index contributed by atoms with van der Waals surface area (Å²) in [6.45, 7) is 5.66. The van der Waals surface area contributed by atoms with Crippen LogP contribution in [0.3, 0.4) is 0 Å². The second kappa shape index (κ2) is 6.97. The van der Waals surface area contributed by atoms with Gasteiger partial charge in [0.05, 0.1) is 22.1 Å². The molecule has 0 bridgehead atoms. The first kappa shape index (κ1) is 19.6. The van der Waals surface area contributed by atoms with Crippen molar-refractivity contribution in [2.75, 3.05) is 0 Å². The van der Waals surface area contributed by atoms with E-state index in [1.165, 1.54) is 10.8 Å². The van der Waals surface area contributed by atoms with Crippen LogP contribution in [0, 0.1) is 0 Å². The molecular formula is C29H24N2O2. The number of hydrogen-bond donors (Lipinski definition) is 0. The fraction of sp³-hybridized carbons (Fsp3) is 0.138. The van der Waals surface area contributed by atoms with Crippen LogP contribution in [0.2, 0.25) is 0 Å². The fourth-order valence-electron chi connectivity index (χ4n) is 4.80. The normalized spacial score (nSPS) is 12.2. The number of rotatable bonds is 1. The highest BCUT2D eigenvalue weighted by molar-refractivity contribution is 6.14. The van der Waals surface area contributed by atoms with E-state index in [1.807, 2.05) is 45.0 Å². The molecule has 0 saturated carbocycles. The molecule has 2 heterocycles. The maximum atomic E-state index is 13.1. The third kappa shape index (κ3) is 3.02. The van der Waals surface area contributed by atoms with Gasteiger partial charge in [0.1, 0.15) is 5.60 Å². The molecule has 0 N–H and O–H groups in total. The Hall–Kier alpha value is -4.05. The first-order valence-corrected chi connectivity index (χ1v) is 11.2. The molecule has 6 aromatic rings. The van der Waals surface area contributed by atoms with E-state index in [0.717, 1.165) is 38.5 Å². The Labute approximate surface area is 191 Å².